The summed E-state index contributed by atoms with van der Waals surface area (Å²) in [7, 11) is 0. The molecule has 8 nitrogen and oxygen atoms in total. The molecule has 2 bridgehead atoms. The summed E-state index contributed by atoms with van der Waals surface area (Å²) in [6, 6.07) is 10.6. The van der Waals surface area contributed by atoms with Crippen LogP contribution in [0.15, 0.2) is 47.6 Å². The van der Waals surface area contributed by atoms with Crippen LogP contribution in [-0.4, -0.2) is 22.5 Å². The molecule has 0 radical (unpaired) electrons. The number of carbonyl (C=O) groups excluding carboxylic acids is 2. The number of benzene rings is 2. The highest BCUT2D eigenvalue weighted by Crippen LogP contribution is 2.71. The van der Waals surface area contributed by atoms with Gasteiger partial charge in [-0.25, -0.2) is 4.79 Å². The highest BCUT2D eigenvalue weighted by Gasteiger charge is 2.71. The van der Waals surface area contributed by atoms with E-state index in [0.29, 0.717) is 29.3 Å². The molecule has 9 heteroatoms. The molecule has 2 aromatic carbocycles. The van der Waals surface area contributed by atoms with Gasteiger partial charge in [0.25, 0.3) is 5.69 Å². The maximum absolute atomic E-state index is 13.6. The lowest BCUT2D eigenvalue weighted by atomic mass is 9.64. The SMILES string of the molecule is Cc1ccc(NC(=O)C23CCC(C)(/C(=N\OC(=O)c4ccc([N+](=O)[O-])cc4)C2)C3(C)C)cc1Cl. The second kappa shape index (κ2) is 8.20. The first-order chi connectivity index (χ1) is 15.9. The number of carbonyl (C=O) groups is 2. The fourth-order valence-corrected chi connectivity index (χ4v) is 5.49. The molecule has 0 heterocycles. The summed E-state index contributed by atoms with van der Waals surface area (Å²) in [5.74, 6) is -0.813. The van der Waals surface area contributed by atoms with Crippen molar-refractivity contribution in [1.29, 1.82) is 0 Å². The first kappa shape index (κ1) is 23.9. The molecule has 4 rings (SSSR count). The summed E-state index contributed by atoms with van der Waals surface area (Å²) in [5.41, 5.74) is 0.696. The molecule has 2 atom stereocenters. The minimum Gasteiger partial charge on any atom is -0.326 e. The summed E-state index contributed by atoms with van der Waals surface area (Å²) in [4.78, 5) is 41.5. The Morgan fingerprint density at radius 3 is 2.41 bits per heavy atom. The normalized spacial score (nSPS) is 25.9. The van der Waals surface area contributed by atoms with Crippen molar-refractivity contribution in [2.75, 3.05) is 5.32 Å². The number of amides is 1. The summed E-state index contributed by atoms with van der Waals surface area (Å²) < 4.78 is 0. The second-order valence-electron chi connectivity index (χ2n) is 9.85. The van der Waals surface area contributed by atoms with Gasteiger partial charge in [-0.15, -0.1) is 0 Å². The molecule has 34 heavy (non-hydrogen) atoms. The average Bonchev–Trinajstić information content (AvgIpc) is 3.10. The molecule has 1 amide bonds. The van der Waals surface area contributed by atoms with Crippen molar-refractivity contribution < 1.29 is 19.3 Å². The van der Waals surface area contributed by atoms with Crippen LogP contribution in [0.3, 0.4) is 0 Å². The van der Waals surface area contributed by atoms with Crippen LogP contribution in [-0.2, 0) is 9.63 Å². The first-order valence-electron chi connectivity index (χ1n) is 11.0. The first-order valence-corrected chi connectivity index (χ1v) is 11.4. The lowest BCUT2D eigenvalue weighted by Crippen LogP contribution is -2.43. The monoisotopic (exact) mass is 483 g/mol. The number of nitrogens with zero attached hydrogens (tertiary/aromatic N) is 2. The number of nitro benzene ring substituents is 1. The maximum Gasteiger partial charge on any atom is 0.365 e. The number of aryl methyl sites for hydroxylation is 1. The lowest BCUT2D eigenvalue weighted by molar-refractivity contribution is -0.384. The van der Waals surface area contributed by atoms with Crippen molar-refractivity contribution in [2.45, 2.75) is 47.0 Å². The van der Waals surface area contributed by atoms with Crippen LogP contribution in [0.25, 0.3) is 0 Å². The number of nitrogens with one attached hydrogen (secondary N) is 1. The second-order valence-corrected chi connectivity index (χ2v) is 10.3. The molecule has 2 aliphatic carbocycles. The highest BCUT2D eigenvalue weighted by molar-refractivity contribution is 6.31. The fourth-order valence-electron chi connectivity index (χ4n) is 5.31. The predicted octanol–water partition coefficient (Wildman–Crippen LogP) is 5.92. The fraction of sp³-hybridized carbons (Fsp3) is 0.400. The number of oxime groups is 1. The van der Waals surface area contributed by atoms with Gasteiger partial charge in [0.15, 0.2) is 0 Å². The van der Waals surface area contributed by atoms with Crippen LogP contribution in [0.1, 0.15) is 56.0 Å². The lowest BCUT2D eigenvalue weighted by Gasteiger charge is -2.39. The van der Waals surface area contributed by atoms with Gasteiger partial charge in [0.1, 0.15) is 0 Å². The number of anilines is 1. The number of halogens is 1. The number of non-ortho nitro benzene ring substituents is 1. The number of hydrogen-bond acceptors (Lipinski definition) is 6. The van der Waals surface area contributed by atoms with Crippen LogP contribution in [0.5, 0.6) is 0 Å². The standard InChI is InChI=1S/C25H26ClN3O5/c1-15-5-8-17(13-19(15)26)27-22(31)25-12-11-24(4,23(25,2)3)20(14-25)28-34-21(30)16-6-9-18(10-7-16)29(32)33/h5-10,13H,11-12,14H2,1-4H3,(H,27,31)/b28-20-. The molecule has 2 aliphatic rings. The smallest absolute Gasteiger partial charge is 0.326 e. The molecule has 0 saturated heterocycles. The van der Waals surface area contributed by atoms with E-state index in [1.807, 2.05) is 19.1 Å². The third kappa shape index (κ3) is 3.57. The molecular weight excluding hydrogens is 458 g/mol. The molecule has 1 N–H and O–H groups in total. The Labute approximate surface area is 202 Å². The van der Waals surface area contributed by atoms with E-state index in [9.17, 15) is 19.7 Å². The molecule has 2 aromatic rings. The van der Waals surface area contributed by atoms with Crippen molar-refractivity contribution in [2.24, 2.45) is 21.4 Å². The Hall–Kier alpha value is -3.26. The minimum absolute atomic E-state index is 0.104. The highest BCUT2D eigenvalue weighted by atomic mass is 35.5. The zero-order valence-electron chi connectivity index (χ0n) is 19.5. The maximum atomic E-state index is 13.6. The number of rotatable bonds is 5. The quantitative estimate of drug-likeness (QED) is 0.322. The van der Waals surface area contributed by atoms with Crippen LogP contribution in [0.4, 0.5) is 11.4 Å². The summed E-state index contributed by atoms with van der Waals surface area (Å²) in [6.07, 6.45) is 1.79. The van der Waals surface area contributed by atoms with Crippen LogP contribution in [0, 0.1) is 33.3 Å². The van der Waals surface area contributed by atoms with Gasteiger partial charge in [0.05, 0.1) is 21.6 Å². The topological polar surface area (TPSA) is 111 Å². The molecule has 178 valence electrons. The van der Waals surface area contributed by atoms with Crippen LogP contribution in [0.2, 0.25) is 5.02 Å². The molecule has 2 unspecified atom stereocenters. The van der Waals surface area contributed by atoms with E-state index in [4.69, 9.17) is 16.4 Å². The van der Waals surface area contributed by atoms with Crippen molar-refractivity contribution in [1.82, 2.24) is 0 Å². The molecule has 0 aromatic heterocycles. The van der Waals surface area contributed by atoms with Crippen molar-refractivity contribution >= 4 is 40.6 Å². The molecule has 0 aliphatic heterocycles. The summed E-state index contributed by atoms with van der Waals surface area (Å²) in [5, 5.41) is 18.6. The predicted molar refractivity (Wildman–Crippen MR) is 129 cm³/mol. The number of nitro groups is 1. The molecule has 2 fully saturated rings. The Bertz CT molecular complexity index is 1220. The van der Waals surface area contributed by atoms with Crippen LogP contribution < -0.4 is 5.32 Å². The van der Waals surface area contributed by atoms with E-state index in [2.05, 4.69) is 31.2 Å². The molecule has 2 saturated carbocycles. The van der Waals surface area contributed by atoms with Crippen molar-refractivity contribution in [3.8, 4) is 0 Å². The van der Waals surface area contributed by atoms with Gasteiger partial charge in [0.2, 0.25) is 5.91 Å². The summed E-state index contributed by atoms with van der Waals surface area (Å²) in [6.45, 7) is 8.07. The Morgan fingerprint density at radius 2 is 1.79 bits per heavy atom. The van der Waals surface area contributed by atoms with Gasteiger partial charge in [-0.2, -0.15) is 0 Å². The van der Waals surface area contributed by atoms with E-state index < -0.39 is 27.1 Å². The Balaban J connectivity index is 1.56. The van der Waals surface area contributed by atoms with Gasteiger partial charge in [-0.3, -0.25) is 14.9 Å². The zero-order valence-corrected chi connectivity index (χ0v) is 20.2. The van der Waals surface area contributed by atoms with E-state index in [-0.39, 0.29) is 17.2 Å². The molecular formula is C25H26ClN3O5. The van der Waals surface area contributed by atoms with E-state index >= 15 is 0 Å². The van der Waals surface area contributed by atoms with Gasteiger partial charge in [-0.1, -0.05) is 43.6 Å². The number of fused-ring (bicyclic) bond motifs is 2. The Kier molecular flexibility index (Phi) is 5.76. The van der Waals surface area contributed by atoms with E-state index in [1.54, 1.807) is 6.07 Å². The van der Waals surface area contributed by atoms with Gasteiger partial charge < -0.3 is 10.2 Å². The van der Waals surface area contributed by atoms with Gasteiger partial charge in [-0.05, 0) is 55.0 Å². The van der Waals surface area contributed by atoms with Crippen molar-refractivity contribution in [3.05, 3.63) is 68.7 Å². The van der Waals surface area contributed by atoms with Gasteiger partial charge in [0, 0.05) is 34.7 Å². The third-order valence-electron chi connectivity index (χ3n) is 8.15. The third-order valence-corrected chi connectivity index (χ3v) is 8.56. The van der Waals surface area contributed by atoms with E-state index in [1.165, 1.54) is 24.3 Å². The van der Waals surface area contributed by atoms with Crippen molar-refractivity contribution in [3.63, 3.8) is 0 Å². The van der Waals surface area contributed by atoms with Gasteiger partial charge >= 0.3 is 5.97 Å². The van der Waals surface area contributed by atoms with Crippen LogP contribution >= 0.6 is 11.6 Å². The Morgan fingerprint density at radius 1 is 1.12 bits per heavy atom. The number of hydrogen-bond donors (Lipinski definition) is 1. The summed E-state index contributed by atoms with van der Waals surface area (Å²) >= 11 is 6.23. The minimum atomic E-state index is -0.711. The molecule has 0 spiro atoms. The largest absolute Gasteiger partial charge is 0.365 e. The average molecular weight is 484 g/mol. The zero-order chi connectivity index (χ0) is 24.9. The van der Waals surface area contributed by atoms with E-state index in [0.717, 1.165) is 12.0 Å².